The third-order valence-corrected chi connectivity index (χ3v) is 3.80. The largest absolute Gasteiger partial charge is 0.379 e. The molecule has 0 saturated carbocycles. The maximum absolute atomic E-state index is 5.48. The van der Waals surface area contributed by atoms with Crippen LogP contribution in [0.2, 0.25) is 0 Å². The third kappa shape index (κ3) is 4.89. The summed E-state index contributed by atoms with van der Waals surface area (Å²) in [5.74, 6) is 0.706. The Morgan fingerprint density at radius 2 is 1.95 bits per heavy atom. The van der Waals surface area contributed by atoms with E-state index in [1.54, 1.807) is 0 Å². The summed E-state index contributed by atoms with van der Waals surface area (Å²) in [6.45, 7) is 12.5. The van der Waals surface area contributed by atoms with Crippen LogP contribution in [0.4, 0.5) is 0 Å². The van der Waals surface area contributed by atoms with E-state index in [9.17, 15) is 0 Å². The predicted octanol–water partition coefficient (Wildman–Crippen LogP) is 2.65. The van der Waals surface area contributed by atoms with Gasteiger partial charge in [-0.15, -0.1) is 0 Å². The second-order valence-corrected chi connectivity index (χ2v) is 6.24. The van der Waals surface area contributed by atoms with E-state index in [2.05, 4.69) is 55.3 Å². The van der Waals surface area contributed by atoms with Crippen LogP contribution >= 0.6 is 0 Å². The highest BCUT2D eigenvalue weighted by atomic mass is 16.5. The monoisotopic (exact) mass is 276 g/mol. The molecule has 1 aliphatic heterocycles. The van der Waals surface area contributed by atoms with Gasteiger partial charge in [-0.3, -0.25) is 4.90 Å². The van der Waals surface area contributed by atoms with Crippen LogP contribution in [0.3, 0.4) is 0 Å². The highest BCUT2D eigenvalue weighted by molar-refractivity contribution is 5.22. The minimum absolute atomic E-state index is 0.524. The van der Waals surface area contributed by atoms with Crippen molar-refractivity contribution in [2.24, 2.45) is 5.92 Å². The zero-order valence-electron chi connectivity index (χ0n) is 13.1. The van der Waals surface area contributed by atoms with Crippen molar-refractivity contribution >= 4 is 0 Å². The number of nitrogens with one attached hydrogen (secondary N) is 1. The number of morpholine rings is 1. The van der Waals surface area contributed by atoms with E-state index >= 15 is 0 Å². The predicted molar refractivity (Wildman–Crippen MR) is 83.7 cm³/mol. The summed E-state index contributed by atoms with van der Waals surface area (Å²) in [7, 11) is 0. The van der Waals surface area contributed by atoms with Crippen LogP contribution in [0.1, 0.15) is 31.9 Å². The van der Waals surface area contributed by atoms with Crippen molar-refractivity contribution in [3.8, 4) is 0 Å². The second kappa shape index (κ2) is 7.77. The van der Waals surface area contributed by atoms with Gasteiger partial charge in [0.15, 0.2) is 0 Å². The zero-order chi connectivity index (χ0) is 14.4. The molecule has 1 atom stereocenters. The van der Waals surface area contributed by atoms with E-state index in [0.717, 1.165) is 39.4 Å². The average molecular weight is 276 g/mol. The van der Waals surface area contributed by atoms with Gasteiger partial charge >= 0.3 is 0 Å². The number of benzene rings is 1. The van der Waals surface area contributed by atoms with E-state index in [1.165, 1.54) is 11.1 Å². The molecule has 1 aliphatic rings. The van der Waals surface area contributed by atoms with Crippen molar-refractivity contribution in [1.29, 1.82) is 0 Å². The smallest absolute Gasteiger partial charge is 0.0619 e. The molecule has 3 nitrogen and oxygen atoms in total. The molecule has 0 bridgehead atoms. The molecule has 1 heterocycles. The van der Waals surface area contributed by atoms with E-state index in [-0.39, 0.29) is 0 Å². The number of ether oxygens (including phenoxy) is 1. The van der Waals surface area contributed by atoms with Gasteiger partial charge in [-0.1, -0.05) is 38.1 Å². The fourth-order valence-electron chi connectivity index (χ4n) is 2.50. The molecule has 1 aromatic rings. The lowest BCUT2D eigenvalue weighted by Gasteiger charge is -2.33. The summed E-state index contributed by atoms with van der Waals surface area (Å²) in [4.78, 5) is 2.50. The molecule has 0 aromatic heterocycles. The standard InChI is InChI=1S/C17H28N2O/c1-14(2)10-18-11-16-4-6-17(7-5-16)12-19-8-9-20-13-15(19)3/h4-7,14-15,18H,8-13H2,1-3H3. The van der Waals surface area contributed by atoms with Crippen molar-refractivity contribution in [3.05, 3.63) is 35.4 Å². The molecule has 1 saturated heterocycles. The number of hydrogen-bond acceptors (Lipinski definition) is 3. The maximum Gasteiger partial charge on any atom is 0.0619 e. The Morgan fingerprint density at radius 1 is 1.25 bits per heavy atom. The minimum atomic E-state index is 0.524. The summed E-state index contributed by atoms with van der Waals surface area (Å²) in [5, 5.41) is 3.48. The van der Waals surface area contributed by atoms with Crippen molar-refractivity contribution in [3.63, 3.8) is 0 Å². The third-order valence-electron chi connectivity index (χ3n) is 3.80. The topological polar surface area (TPSA) is 24.5 Å². The van der Waals surface area contributed by atoms with Crippen molar-refractivity contribution in [2.45, 2.75) is 39.9 Å². The molecule has 0 spiro atoms. The second-order valence-electron chi connectivity index (χ2n) is 6.24. The SMILES string of the molecule is CC(C)CNCc1ccc(CN2CCOCC2C)cc1. The molecule has 0 radical (unpaired) electrons. The summed E-state index contributed by atoms with van der Waals surface area (Å²) >= 11 is 0. The van der Waals surface area contributed by atoms with Gasteiger partial charge in [0.05, 0.1) is 13.2 Å². The minimum Gasteiger partial charge on any atom is -0.379 e. The van der Waals surface area contributed by atoms with E-state index in [0.29, 0.717) is 12.0 Å². The quantitative estimate of drug-likeness (QED) is 0.864. The van der Waals surface area contributed by atoms with E-state index in [1.807, 2.05) is 0 Å². The fraction of sp³-hybridized carbons (Fsp3) is 0.647. The number of nitrogens with zero attached hydrogens (tertiary/aromatic N) is 1. The zero-order valence-corrected chi connectivity index (χ0v) is 13.1. The normalized spacial score (nSPS) is 20.5. The van der Waals surface area contributed by atoms with Gasteiger partial charge in [0.25, 0.3) is 0 Å². The molecule has 112 valence electrons. The van der Waals surface area contributed by atoms with Crippen LogP contribution in [0.15, 0.2) is 24.3 Å². The highest BCUT2D eigenvalue weighted by Crippen LogP contribution is 2.13. The van der Waals surface area contributed by atoms with Crippen LogP contribution < -0.4 is 5.32 Å². The Kier molecular flexibility index (Phi) is 6.02. The lowest BCUT2D eigenvalue weighted by molar-refractivity contribution is -0.00437. The molecule has 3 heteroatoms. The van der Waals surface area contributed by atoms with Crippen molar-refractivity contribution in [2.75, 3.05) is 26.3 Å². The van der Waals surface area contributed by atoms with Crippen molar-refractivity contribution in [1.82, 2.24) is 10.2 Å². The van der Waals surface area contributed by atoms with Crippen LogP contribution in [-0.2, 0) is 17.8 Å². The summed E-state index contributed by atoms with van der Waals surface area (Å²) in [6.07, 6.45) is 0. The summed E-state index contributed by atoms with van der Waals surface area (Å²) in [5.41, 5.74) is 2.76. The van der Waals surface area contributed by atoms with Gasteiger partial charge in [-0.25, -0.2) is 0 Å². The van der Waals surface area contributed by atoms with Gasteiger partial charge in [-0.2, -0.15) is 0 Å². The molecule has 0 aliphatic carbocycles. The molecule has 1 aromatic carbocycles. The van der Waals surface area contributed by atoms with Crippen LogP contribution in [0.25, 0.3) is 0 Å². The maximum atomic E-state index is 5.48. The Bertz CT molecular complexity index is 388. The van der Waals surface area contributed by atoms with Gasteiger partial charge in [0, 0.05) is 25.7 Å². The lowest BCUT2D eigenvalue weighted by atomic mass is 10.1. The van der Waals surface area contributed by atoms with E-state index < -0.39 is 0 Å². The highest BCUT2D eigenvalue weighted by Gasteiger charge is 2.18. The van der Waals surface area contributed by atoms with E-state index in [4.69, 9.17) is 4.74 Å². The van der Waals surface area contributed by atoms with Gasteiger partial charge in [0.2, 0.25) is 0 Å². The average Bonchev–Trinajstić information content (AvgIpc) is 2.43. The first kappa shape index (κ1) is 15.5. The Labute approximate surface area is 123 Å². The molecule has 1 unspecified atom stereocenters. The Hall–Kier alpha value is -0.900. The first-order valence-corrected chi connectivity index (χ1v) is 7.75. The summed E-state index contributed by atoms with van der Waals surface area (Å²) in [6, 6.07) is 9.53. The Morgan fingerprint density at radius 3 is 2.60 bits per heavy atom. The van der Waals surface area contributed by atoms with Crippen molar-refractivity contribution < 1.29 is 4.74 Å². The molecule has 20 heavy (non-hydrogen) atoms. The van der Waals surface area contributed by atoms with Crippen LogP contribution in [0.5, 0.6) is 0 Å². The molecular formula is C17H28N2O. The first-order chi connectivity index (χ1) is 9.65. The number of rotatable bonds is 6. The lowest BCUT2D eigenvalue weighted by Crippen LogP contribution is -2.42. The molecule has 2 rings (SSSR count). The molecular weight excluding hydrogens is 248 g/mol. The molecule has 1 N–H and O–H groups in total. The first-order valence-electron chi connectivity index (χ1n) is 7.75. The van der Waals surface area contributed by atoms with Crippen LogP contribution in [-0.4, -0.2) is 37.2 Å². The van der Waals surface area contributed by atoms with Gasteiger partial charge < -0.3 is 10.1 Å². The van der Waals surface area contributed by atoms with Gasteiger partial charge in [-0.05, 0) is 30.5 Å². The Balaban J connectivity index is 1.81. The molecule has 1 fully saturated rings. The van der Waals surface area contributed by atoms with Crippen LogP contribution in [0, 0.1) is 5.92 Å². The number of hydrogen-bond donors (Lipinski definition) is 1. The van der Waals surface area contributed by atoms with Gasteiger partial charge in [0.1, 0.15) is 0 Å². The summed E-state index contributed by atoms with van der Waals surface area (Å²) < 4.78 is 5.48. The fourth-order valence-corrected chi connectivity index (χ4v) is 2.50. The molecule has 0 amide bonds.